The van der Waals surface area contributed by atoms with Crippen molar-refractivity contribution < 1.29 is 14.0 Å². The highest BCUT2D eigenvalue weighted by Gasteiger charge is 2.29. The number of para-hydroxylation sites is 1. The van der Waals surface area contributed by atoms with E-state index in [0.29, 0.717) is 18.0 Å². The van der Waals surface area contributed by atoms with E-state index in [0.717, 1.165) is 24.9 Å². The van der Waals surface area contributed by atoms with Gasteiger partial charge in [-0.15, -0.1) is 0 Å². The molecule has 6 heteroatoms. The van der Waals surface area contributed by atoms with Crippen molar-refractivity contribution in [2.24, 2.45) is 5.73 Å². The van der Waals surface area contributed by atoms with Gasteiger partial charge in [0, 0.05) is 12.2 Å². The smallest absolute Gasteiger partial charge is 0.291 e. The van der Waals surface area contributed by atoms with Gasteiger partial charge in [0.2, 0.25) is 5.91 Å². The normalized spacial score (nSPS) is 17.8. The summed E-state index contributed by atoms with van der Waals surface area (Å²) >= 11 is 0. The molecule has 2 aromatic rings. The second-order valence-corrected chi connectivity index (χ2v) is 6.05. The summed E-state index contributed by atoms with van der Waals surface area (Å²) in [6.07, 6.45) is 1.74. The lowest BCUT2D eigenvalue weighted by molar-refractivity contribution is -0.122. The van der Waals surface area contributed by atoms with Crippen LogP contribution in [0.5, 0.6) is 0 Å². The molecule has 0 spiro atoms. The molecule has 1 fully saturated rings. The number of aryl methyl sites for hydroxylation is 1. The first-order valence-corrected chi connectivity index (χ1v) is 8.03. The average molecular weight is 327 g/mol. The SMILES string of the molecule is Cc1ccc(C(=O)Nc2ccccc2CN2CCCC2C(N)=O)o1. The average Bonchev–Trinajstić information content (AvgIpc) is 3.18. The van der Waals surface area contributed by atoms with Crippen molar-refractivity contribution in [3.05, 3.63) is 53.5 Å². The Labute approximate surface area is 140 Å². The molecular formula is C18H21N3O3. The van der Waals surface area contributed by atoms with Crippen LogP contribution in [0.4, 0.5) is 5.69 Å². The van der Waals surface area contributed by atoms with Gasteiger partial charge in [0.15, 0.2) is 5.76 Å². The highest BCUT2D eigenvalue weighted by Crippen LogP contribution is 2.24. The Bertz CT molecular complexity index is 753. The highest BCUT2D eigenvalue weighted by molar-refractivity contribution is 6.02. The molecule has 6 nitrogen and oxygen atoms in total. The molecule has 2 amide bonds. The van der Waals surface area contributed by atoms with Crippen LogP contribution in [0.1, 0.15) is 34.7 Å². The number of primary amides is 1. The van der Waals surface area contributed by atoms with Gasteiger partial charge >= 0.3 is 0 Å². The van der Waals surface area contributed by atoms with Gasteiger partial charge in [-0.1, -0.05) is 18.2 Å². The third-order valence-electron chi connectivity index (χ3n) is 4.30. The summed E-state index contributed by atoms with van der Waals surface area (Å²) in [6, 6.07) is 10.7. The molecule has 3 rings (SSSR count). The molecule has 3 N–H and O–H groups in total. The van der Waals surface area contributed by atoms with Gasteiger partial charge in [-0.25, -0.2) is 0 Å². The van der Waals surface area contributed by atoms with E-state index in [1.54, 1.807) is 19.1 Å². The minimum atomic E-state index is -0.292. The summed E-state index contributed by atoms with van der Waals surface area (Å²) in [5.41, 5.74) is 7.14. The number of furan rings is 1. The number of benzene rings is 1. The van der Waals surface area contributed by atoms with E-state index in [1.807, 2.05) is 24.3 Å². The van der Waals surface area contributed by atoms with Crippen LogP contribution in [0.2, 0.25) is 0 Å². The van der Waals surface area contributed by atoms with Crippen molar-refractivity contribution in [2.75, 3.05) is 11.9 Å². The van der Waals surface area contributed by atoms with Gasteiger partial charge in [0.1, 0.15) is 5.76 Å². The van der Waals surface area contributed by atoms with Crippen LogP contribution in [0.3, 0.4) is 0 Å². The summed E-state index contributed by atoms with van der Waals surface area (Å²) in [5.74, 6) is 0.386. The topological polar surface area (TPSA) is 88.6 Å². The largest absolute Gasteiger partial charge is 0.456 e. The van der Waals surface area contributed by atoms with Crippen LogP contribution in [0.25, 0.3) is 0 Å². The van der Waals surface area contributed by atoms with Crippen LogP contribution in [0, 0.1) is 6.92 Å². The molecule has 1 atom stereocenters. The number of anilines is 1. The Morgan fingerprint density at radius 2 is 2.08 bits per heavy atom. The summed E-state index contributed by atoms with van der Waals surface area (Å²) in [7, 11) is 0. The molecule has 1 aromatic carbocycles. The fourth-order valence-corrected chi connectivity index (χ4v) is 3.08. The van der Waals surface area contributed by atoms with Crippen molar-refractivity contribution in [3.8, 4) is 0 Å². The molecule has 0 saturated carbocycles. The molecule has 0 bridgehead atoms. The number of rotatable bonds is 5. The first-order chi connectivity index (χ1) is 11.5. The second-order valence-electron chi connectivity index (χ2n) is 6.05. The molecular weight excluding hydrogens is 306 g/mol. The predicted octanol–water partition coefficient (Wildman–Crippen LogP) is 2.29. The standard InChI is InChI=1S/C18H21N3O3/c1-12-8-9-16(24-12)18(23)20-14-6-3-2-5-13(14)11-21-10-4-7-15(21)17(19)22/h2-3,5-6,8-9,15H,4,7,10-11H2,1H3,(H2,19,22)(H,20,23). The lowest BCUT2D eigenvalue weighted by Gasteiger charge is -2.23. The molecule has 126 valence electrons. The molecule has 1 aliphatic heterocycles. The van der Waals surface area contributed by atoms with E-state index in [1.165, 1.54) is 0 Å². The van der Waals surface area contributed by atoms with Crippen LogP contribution in [-0.4, -0.2) is 29.3 Å². The molecule has 1 aliphatic rings. The van der Waals surface area contributed by atoms with Crippen molar-refractivity contribution in [1.29, 1.82) is 0 Å². The predicted molar refractivity (Wildman–Crippen MR) is 90.5 cm³/mol. The number of likely N-dealkylation sites (tertiary alicyclic amines) is 1. The maximum Gasteiger partial charge on any atom is 0.291 e. The highest BCUT2D eigenvalue weighted by atomic mass is 16.3. The van der Waals surface area contributed by atoms with Gasteiger partial charge in [-0.05, 0) is 50.1 Å². The van der Waals surface area contributed by atoms with Crippen LogP contribution in [-0.2, 0) is 11.3 Å². The van der Waals surface area contributed by atoms with Gasteiger partial charge in [0.05, 0.1) is 6.04 Å². The van der Waals surface area contributed by atoms with E-state index in [-0.39, 0.29) is 23.6 Å². The summed E-state index contributed by atoms with van der Waals surface area (Å²) in [5, 5.41) is 2.88. The maximum absolute atomic E-state index is 12.3. The van der Waals surface area contributed by atoms with Crippen molar-refractivity contribution in [2.45, 2.75) is 32.4 Å². The second kappa shape index (κ2) is 6.88. The monoisotopic (exact) mass is 327 g/mol. The minimum Gasteiger partial charge on any atom is -0.456 e. The Kier molecular flexibility index (Phi) is 4.66. The van der Waals surface area contributed by atoms with Gasteiger partial charge < -0.3 is 15.5 Å². The minimum absolute atomic E-state index is 0.235. The summed E-state index contributed by atoms with van der Waals surface area (Å²) < 4.78 is 5.36. The molecule has 2 heterocycles. The van der Waals surface area contributed by atoms with E-state index in [2.05, 4.69) is 10.2 Å². The van der Waals surface area contributed by atoms with Crippen LogP contribution in [0.15, 0.2) is 40.8 Å². The molecule has 0 aliphatic carbocycles. The Morgan fingerprint density at radius 3 is 2.79 bits per heavy atom. The van der Waals surface area contributed by atoms with Crippen molar-refractivity contribution >= 4 is 17.5 Å². The van der Waals surface area contributed by atoms with Gasteiger partial charge in [-0.2, -0.15) is 0 Å². The third kappa shape index (κ3) is 3.49. The van der Waals surface area contributed by atoms with Crippen molar-refractivity contribution in [3.63, 3.8) is 0 Å². The Hall–Kier alpha value is -2.60. The van der Waals surface area contributed by atoms with E-state index in [9.17, 15) is 9.59 Å². The van der Waals surface area contributed by atoms with Crippen LogP contribution < -0.4 is 11.1 Å². The Balaban J connectivity index is 1.75. The molecule has 1 aromatic heterocycles. The number of carbonyl (C=O) groups excluding carboxylic acids is 2. The van der Waals surface area contributed by atoms with Crippen molar-refractivity contribution in [1.82, 2.24) is 4.90 Å². The lowest BCUT2D eigenvalue weighted by Crippen LogP contribution is -2.39. The molecule has 1 unspecified atom stereocenters. The Morgan fingerprint density at radius 1 is 1.29 bits per heavy atom. The van der Waals surface area contributed by atoms with Gasteiger partial charge in [-0.3, -0.25) is 14.5 Å². The zero-order chi connectivity index (χ0) is 17.1. The summed E-state index contributed by atoms with van der Waals surface area (Å²) in [4.78, 5) is 25.9. The van der Waals surface area contributed by atoms with E-state index < -0.39 is 0 Å². The third-order valence-corrected chi connectivity index (χ3v) is 4.30. The van der Waals surface area contributed by atoms with E-state index >= 15 is 0 Å². The number of nitrogens with two attached hydrogens (primary N) is 1. The lowest BCUT2D eigenvalue weighted by atomic mass is 10.1. The number of nitrogens with one attached hydrogen (secondary N) is 1. The zero-order valence-corrected chi connectivity index (χ0v) is 13.6. The zero-order valence-electron chi connectivity index (χ0n) is 13.6. The number of nitrogens with zero attached hydrogens (tertiary/aromatic N) is 1. The molecule has 24 heavy (non-hydrogen) atoms. The quantitative estimate of drug-likeness (QED) is 0.882. The first kappa shape index (κ1) is 16.3. The van der Waals surface area contributed by atoms with E-state index in [4.69, 9.17) is 10.2 Å². The van der Waals surface area contributed by atoms with Crippen LogP contribution >= 0.6 is 0 Å². The molecule has 0 radical (unpaired) electrons. The number of amides is 2. The number of carbonyl (C=O) groups is 2. The number of hydrogen-bond donors (Lipinski definition) is 2. The summed E-state index contributed by atoms with van der Waals surface area (Å²) in [6.45, 7) is 3.19. The molecule has 1 saturated heterocycles. The number of hydrogen-bond acceptors (Lipinski definition) is 4. The van der Waals surface area contributed by atoms with Gasteiger partial charge in [0.25, 0.3) is 5.91 Å². The fourth-order valence-electron chi connectivity index (χ4n) is 3.08. The first-order valence-electron chi connectivity index (χ1n) is 8.03. The fraction of sp³-hybridized carbons (Fsp3) is 0.333. The maximum atomic E-state index is 12.3.